The standard InChI is InChI=1S/C15H13BrN2O2/c1-2-5-10-13(16)15(19)18-14(17-10)12-8-9-6-3-4-7-11(9)20-12/h3-4,6-8H,2,5H2,1H3,(H,17,18,19). The van der Waals surface area contributed by atoms with Crippen LogP contribution in [0.3, 0.4) is 0 Å². The maximum Gasteiger partial charge on any atom is 0.265 e. The van der Waals surface area contributed by atoms with E-state index in [1.54, 1.807) is 0 Å². The third-order valence-electron chi connectivity index (χ3n) is 3.08. The molecule has 0 aliphatic carbocycles. The molecule has 2 heterocycles. The van der Waals surface area contributed by atoms with Gasteiger partial charge in [0.15, 0.2) is 11.6 Å². The van der Waals surface area contributed by atoms with Gasteiger partial charge in [0.25, 0.3) is 5.56 Å². The molecule has 0 saturated carbocycles. The molecule has 0 bridgehead atoms. The smallest absolute Gasteiger partial charge is 0.265 e. The molecule has 0 saturated heterocycles. The highest BCUT2D eigenvalue weighted by Crippen LogP contribution is 2.25. The van der Waals surface area contributed by atoms with Crippen LogP contribution in [0.15, 0.2) is 44.0 Å². The summed E-state index contributed by atoms with van der Waals surface area (Å²) < 4.78 is 6.23. The van der Waals surface area contributed by atoms with E-state index in [1.807, 2.05) is 30.3 Å². The van der Waals surface area contributed by atoms with E-state index in [0.717, 1.165) is 29.5 Å². The molecule has 4 nitrogen and oxygen atoms in total. The van der Waals surface area contributed by atoms with Gasteiger partial charge in [0.2, 0.25) is 0 Å². The van der Waals surface area contributed by atoms with Crippen molar-refractivity contribution in [1.82, 2.24) is 9.97 Å². The second-order valence-electron chi connectivity index (χ2n) is 4.57. The van der Waals surface area contributed by atoms with Crippen LogP contribution in [-0.2, 0) is 6.42 Å². The van der Waals surface area contributed by atoms with Gasteiger partial charge >= 0.3 is 0 Å². The Labute approximate surface area is 124 Å². The number of H-pyrrole nitrogens is 1. The molecular weight excluding hydrogens is 320 g/mol. The van der Waals surface area contributed by atoms with E-state index in [-0.39, 0.29) is 5.56 Å². The van der Waals surface area contributed by atoms with E-state index in [0.29, 0.717) is 16.1 Å². The van der Waals surface area contributed by atoms with Crippen LogP contribution in [0.25, 0.3) is 22.6 Å². The number of benzene rings is 1. The maximum absolute atomic E-state index is 11.9. The lowest BCUT2D eigenvalue weighted by molar-refractivity contribution is 0.623. The minimum atomic E-state index is -0.182. The molecule has 2 aromatic heterocycles. The maximum atomic E-state index is 11.9. The summed E-state index contributed by atoms with van der Waals surface area (Å²) in [6, 6.07) is 9.60. The molecule has 1 aromatic carbocycles. The van der Waals surface area contributed by atoms with Crippen molar-refractivity contribution in [2.75, 3.05) is 0 Å². The first-order valence-corrected chi connectivity index (χ1v) is 7.26. The summed E-state index contributed by atoms with van der Waals surface area (Å²) in [4.78, 5) is 19.2. The first kappa shape index (κ1) is 13.1. The number of furan rings is 1. The van der Waals surface area contributed by atoms with E-state index in [1.165, 1.54) is 0 Å². The summed E-state index contributed by atoms with van der Waals surface area (Å²) in [5.74, 6) is 1.05. The predicted octanol–water partition coefficient (Wildman–Crippen LogP) is 3.90. The number of aryl methyl sites for hydroxylation is 1. The van der Waals surface area contributed by atoms with Crippen molar-refractivity contribution in [3.63, 3.8) is 0 Å². The van der Waals surface area contributed by atoms with Crippen LogP contribution in [0.2, 0.25) is 0 Å². The molecule has 0 fully saturated rings. The van der Waals surface area contributed by atoms with Gasteiger partial charge < -0.3 is 9.40 Å². The molecular formula is C15H13BrN2O2. The SMILES string of the molecule is CCCc1nc(-c2cc3ccccc3o2)[nH]c(=O)c1Br. The van der Waals surface area contributed by atoms with E-state index < -0.39 is 0 Å². The fourth-order valence-electron chi connectivity index (χ4n) is 2.12. The van der Waals surface area contributed by atoms with Gasteiger partial charge in [-0.3, -0.25) is 4.79 Å². The fourth-order valence-corrected chi connectivity index (χ4v) is 2.51. The number of nitrogens with zero attached hydrogens (tertiary/aromatic N) is 1. The quantitative estimate of drug-likeness (QED) is 0.791. The topological polar surface area (TPSA) is 58.9 Å². The van der Waals surface area contributed by atoms with Gasteiger partial charge in [-0.15, -0.1) is 0 Å². The molecule has 1 N–H and O–H groups in total. The average molecular weight is 333 g/mol. The molecule has 20 heavy (non-hydrogen) atoms. The summed E-state index contributed by atoms with van der Waals surface area (Å²) in [5, 5.41) is 0.991. The first-order valence-electron chi connectivity index (χ1n) is 6.46. The Hall–Kier alpha value is -1.88. The van der Waals surface area contributed by atoms with Crippen LogP contribution in [0.1, 0.15) is 19.0 Å². The minimum Gasteiger partial charge on any atom is -0.453 e. The number of nitrogens with one attached hydrogen (secondary N) is 1. The lowest BCUT2D eigenvalue weighted by Crippen LogP contribution is -2.13. The molecule has 0 radical (unpaired) electrons. The molecule has 0 aliphatic heterocycles. The van der Waals surface area contributed by atoms with Crippen LogP contribution >= 0.6 is 15.9 Å². The molecule has 0 aliphatic rings. The first-order chi connectivity index (χ1) is 9.69. The molecule has 0 unspecified atom stereocenters. The van der Waals surface area contributed by atoms with Crippen molar-refractivity contribution < 1.29 is 4.42 Å². The van der Waals surface area contributed by atoms with Crippen LogP contribution in [0.5, 0.6) is 0 Å². The van der Waals surface area contributed by atoms with Gasteiger partial charge in [0.1, 0.15) is 10.1 Å². The van der Waals surface area contributed by atoms with Gasteiger partial charge in [-0.25, -0.2) is 4.98 Å². The van der Waals surface area contributed by atoms with Crippen LogP contribution in [0, 0.1) is 0 Å². The second kappa shape index (κ2) is 5.25. The Morgan fingerprint density at radius 1 is 1.35 bits per heavy atom. The Kier molecular flexibility index (Phi) is 3.44. The minimum absolute atomic E-state index is 0.182. The van der Waals surface area contributed by atoms with Gasteiger partial charge in [0, 0.05) is 5.39 Å². The summed E-state index contributed by atoms with van der Waals surface area (Å²) in [5.41, 5.74) is 1.36. The summed E-state index contributed by atoms with van der Waals surface area (Å²) in [6.07, 6.45) is 1.67. The van der Waals surface area contributed by atoms with Crippen molar-refractivity contribution in [2.45, 2.75) is 19.8 Å². The number of fused-ring (bicyclic) bond motifs is 1. The Morgan fingerprint density at radius 2 is 2.15 bits per heavy atom. The summed E-state index contributed by atoms with van der Waals surface area (Å²) in [7, 11) is 0. The van der Waals surface area contributed by atoms with Gasteiger partial charge in [0.05, 0.1) is 5.69 Å². The lowest BCUT2D eigenvalue weighted by Gasteiger charge is -2.03. The van der Waals surface area contributed by atoms with Crippen molar-refractivity contribution in [2.24, 2.45) is 0 Å². The molecule has 0 amide bonds. The van der Waals surface area contributed by atoms with Crippen LogP contribution in [-0.4, -0.2) is 9.97 Å². The van der Waals surface area contributed by atoms with Gasteiger partial charge in [-0.1, -0.05) is 31.5 Å². The Bertz CT molecular complexity index is 787. The zero-order valence-electron chi connectivity index (χ0n) is 10.9. The van der Waals surface area contributed by atoms with Crippen molar-refractivity contribution in [1.29, 1.82) is 0 Å². The predicted molar refractivity (Wildman–Crippen MR) is 81.8 cm³/mol. The Morgan fingerprint density at radius 3 is 2.90 bits per heavy atom. The normalized spacial score (nSPS) is 11.1. The van der Waals surface area contributed by atoms with E-state index in [4.69, 9.17) is 4.42 Å². The van der Waals surface area contributed by atoms with Gasteiger partial charge in [-0.05, 0) is 34.5 Å². The Balaban J connectivity index is 2.16. The number of halogens is 1. The highest BCUT2D eigenvalue weighted by Gasteiger charge is 2.13. The monoisotopic (exact) mass is 332 g/mol. The fraction of sp³-hybridized carbons (Fsp3) is 0.200. The summed E-state index contributed by atoms with van der Waals surface area (Å²) >= 11 is 3.29. The van der Waals surface area contributed by atoms with Crippen molar-refractivity contribution >= 4 is 26.9 Å². The average Bonchev–Trinajstić information content (AvgIpc) is 2.87. The second-order valence-corrected chi connectivity index (χ2v) is 5.37. The van der Waals surface area contributed by atoms with Gasteiger partial charge in [-0.2, -0.15) is 0 Å². The van der Waals surface area contributed by atoms with E-state index in [2.05, 4.69) is 32.8 Å². The largest absolute Gasteiger partial charge is 0.453 e. The lowest BCUT2D eigenvalue weighted by atomic mass is 10.2. The third-order valence-corrected chi connectivity index (χ3v) is 3.89. The highest BCUT2D eigenvalue weighted by molar-refractivity contribution is 9.10. The van der Waals surface area contributed by atoms with Crippen LogP contribution < -0.4 is 5.56 Å². The number of aromatic nitrogens is 2. The van der Waals surface area contributed by atoms with E-state index in [9.17, 15) is 4.79 Å². The van der Waals surface area contributed by atoms with E-state index >= 15 is 0 Å². The molecule has 0 atom stereocenters. The van der Waals surface area contributed by atoms with Crippen LogP contribution in [0.4, 0.5) is 0 Å². The van der Waals surface area contributed by atoms with Crippen molar-refractivity contribution in [3.05, 3.63) is 50.9 Å². The number of hydrogen-bond donors (Lipinski definition) is 1. The molecule has 3 rings (SSSR count). The molecule has 102 valence electrons. The number of rotatable bonds is 3. The number of para-hydroxylation sites is 1. The van der Waals surface area contributed by atoms with Crippen molar-refractivity contribution in [3.8, 4) is 11.6 Å². The zero-order valence-corrected chi connectivity index (χ0v) is 12.5. The number of hydrogen-bond acceptors (Lipinski definition) is 3. The summed E-state index contributed by atoms with van der Waals surface area (Å²) in [6.45, 7) is 2.05. The molecule has 3 aromatic rings. The molecule has 0 spiro atoms. The highest BCUT2D eigenvalue weighted by atomic mass is 79.9. The number of aromatic amines is 1. The third kappa shape index (κ3) is 2.29. The molecule has 5 heteroatoms. The zero-order chi connectivity index (χ0) is 14.1.